The van der Waals surface area contributed by atoms with Crippen LogP contribution in [-0.4, -0.2) is 63.8 Å². The van der Waals surface area contributed by atoms with Gasteiger partial charge < -0.3 is 20.3 Å². The van der Waals surface area contributed by atoms with Crippen molar-refractivity contribution in [1.29, 1.82) is 0 Å². The van der Waals surface area contributed by atoms with E-state index in [1.165, 1.54) is 4.88 Å². The minimum absolute atomic E-state index is 0.0906. The summed E-state index contributed by atoms with van der Waals surface area (Å²) in [6.45, 7) is 8.90. The molecule has 2 rings (SSSR count). The molecule has 0 amide bonds. The van der Waals surface area contributed by atoms with Gasteiger partial charge in [0.15, 0.2) is 5.96 Å². The highest BCUT2D eigenvalue weighted by molar-refractivity contribution is 7.10. The fraction of sp³-hybridized carbons (Fsp3) is 0.688. The van der Waals surface area contributed by atoms with E-state index in [1.54, 1.807) is 18.4 Å². The molecule has 22 heavy (non-hydrogen) atoms. The van der Waals surface area contributed by atoms with Gasteiger partial charge in [0.25, 0.3) is 0 Å². The Labute approximate surface area is 137 Å². The molecule has 0 aromatic carbocycles. The molecule has 0 radical (unpaired) electrons. The van der Waals surface area contributed by atoms with Crippen molar-refractivity contribution in [1.82, 2.24) is 15.5 Å². The van der Waals surface area contributed by atoms with Gasteiger partial charge in [-0.2, -0.15) is 0 Å². The van der Waals surface area contributed by atoms with Crippen molar-refractivity contribution in [2.24, 2.45) is 4.99 Å². The van der Waals surface area contributed by atoms with E-state index in [2.05, 4.69) is 58.9 Å². The average molecular weight is 324 g/mol. The molecule has 1 fully saturated rings. The van der Waals surface area contributed by atoms with Gasteiger partial charge in [0, 0.05) is 43.5 Å². The third-order valence-electron chi connectivity index (χ3n) is 3.95. The van der Waals surface area contributed by atoms with E-state index in [0.717, 1.165) is 38.7 Å². The summed E-state index contributed by atoms with van der Waals surface area (Å²) < 4.78 is 5.76. The van der Waals surface area contributed by atoms with Crippen LogP contribution in [-0.2, 0) is 10.2 Å². The Kier molecular flexibility index (Phi) is 6.23. The smallest absolute Gasteiger partial charge is 0.191 e. The quantitative estimate of drug-likeness (QED) is 0.637. The Morgan fingerprint density at radius 3 is 2.95 bits per heavy atom. The number of aliphatic imine (C=N–C) groups is 1. The summed E-state index contributed by atoms with van der Waals surface area (Å²) in [5, 5.41) is 8.92. The molecule has 0 saturated carbocycles. The Hall–Kier alpha value is -1.11. The number of hydrogen-bond donors (Lipinski definition) is 2. The Morgan fingerprint density at radius 1 is 1.50 bits per heavy atom. The van der Waals surface area contributed by atoms with Crippen molar-refractivity contribution in [2.75, 3.05) is 46.9 Å². The van der Waals surface area contributed by atoms with Crippen molar-refractivity contribution in [3.8, 4) is 0 Å². The van der Waals surface area contributed by atoms with Gasteiger partial charge in [0.2, 0.25) is 0 Å². The van der Waals surface area contributed by atoms with Gasteiger partial charge in [0.05, 0.1) is 12.7 Å². The van der Waals surface area contributed by atoms with Crippen molar-refractivity contribution in [3.63, 3.8) is 0 Å². The lowest BCUT2D eigenvalue weighted by molar-refractivity contribution is -0.0161. The average Bonchev–Trinajstić information content (AvgIpc) is 3.02. The molecule has 6 heteroatoms. The topological polar surface area (TPSA) is 48.9 Å². The van der Waals surface area contributed by atoms with Crippen molar-refractivity contribution >= 4 is 17.3 Å². The maximum atomic E-state index is 5.76. The number of morpholine rings is 1. The molecule has 124 valence electrons. The van der Waals surface area contributed by atoms with Crippen LogP contribution in [0.3, 0.4) is 0 Å². The van der Waals surface area contributed by atoms with Crippen LogP contribution < -0.4 is 10.6 Å². The molecule has 2 N–H and O–H groups in total. The van der Waals surface area contributed by atoms with Crippen LogP contribution in [0.25, 0.3) is 0 Å². The van der Waals surface area contributed by atoms with Crippen molar-refractivity contribution in [3.05, 3.63) is 22.4 Å². The number of likely N-dealkylation sites (N-methyl/N-ethyl adjacent to an activating group) is 1. The second kappa shape index (κ2) is 7.94. The summed E-state index contributed by atoms with van der Waals surface area (Å²) in [5.74, 6) is 0.835. The van der Waals surface area contributed by atoms with Crippen LogP contribution in [0, 0.1) is 0 Å². The first-order valence-corrected chi connectivity index (χ1v) is 8.68. The van der Waals surface area contributed by atoms with Crippen LogP contribution in [0.1, 0.15) is 18.7 Å². The zero-order valence-electron chi connectivity index (χ0n) is 14.1. The molecule has 5 nitrogen and oxygen atoms in total. The molecule has 1 atom stereocenters. The molecular weight excluding hydrogens is 296 g/mol. The Bertz CT molecular complexity index is 473. The van der Waals surface area contributed by atoms with Gasteiger partial charge in [-0.25, -0.2) is 0 Å². The lowest BCUT2D eigenvalue weighted by atomic mass is 9.91. The van der Waals surface area contributed by atoms with Crippen LogP contribution in [0.4, 0.5) is 0 Å². The fourth-order valence-electron chi connectivity index (χ4n) is 2.48. The molecular formula is C16H28N4OS. The molecule has 1 aromatic heterocycles. The summed E-state index contributed by atoms with van der Waals surface area (Å²) in [6, 6.07) is 4.29. The lowest BCUT2D eigenvalue weighted by Gasteiger charge is -2.31. The first kappa shape index (κ1) is 17.2. The van der Waals surface area contributed by atoms with E-state index in [4.69, 9.17) is 4.74 Å². The number of thiophene rings is 1. The zero-order chi connectivity index (χ0) is 16.0. The van der Waals surface area contributed by atoms with Gasteiger partial charge in [0.1, 0.15) is 0 Å². The van der Waals surface area contributed by atoms with E-state index < -0.39 is 0 Å². The number of nitrogens with one attached hydrogen (secondary N) is 2. The van der Waals surface area contributed by atoms with E-state index in [0.29, 0.717) is 0 Å². The van der Waals surface area contributed by atoms with E-state index in [9.17, 15) is 0 Å². The lowest BCUT2D eigenvalue weighted by Crippen LogP contribution is -2.49. The Balaban J connectivity index is 1.78. The molecule has 2 heterocycles. The molecule has 1 aromatic rings. The maximum Gasteiger partial charge on any atom is 0.191 e. The van der Waals surface area contributed by atoms with Gasteiger partial charge in [-0.1, -0.05) is 19.9 Å². The van der Waals surface area contributed by atoms with Gasteiger partial charge >= 0.3 is 0 Å². The van der Waals surface area contributed by atoms with E-state index in [-0.39, 0.29) is 11.5 Å². The van der Waals surface area contributed by atoms with Gasteiger partial charge in [-0.05, 0) is 18.5 Å². The second-order valence-corrected chi connectivity index (χ2v) is 7.37. The number of guanidine groups is 1. The van der Waals surface area contributed by atoms with E-state index >= 15 is 0 Å². The standard InChI is InChI=1S/C16H28N4OS/c1-16(2,14-6-5-9-22-14)12-19-15(17-3)18-10-13-11-20(4)7-8-21-13/h5-6,9,13H,7-8,10-12H2,1-4H3,(H2,17,18,19). The summed E-state index contributed by atoms with van der Waals surface area (Å²) in [4.78, 5) is 7.98. The largest absolute Gasteiger partial charge is 0.374 e. The highest BCUT2D eigenvalue weighted by atomic mass is 32.1. The number of nitrogens with zero attached hydrogens (tertiary/aromatic N) is 2. The predicted molar refractivity (Wildman–Crippen MR) is 93.9 cm³/mol. The number of rotatable bonds is 5. The molecule has 0 bridgehead atoms. The zero-order valence-corrected chi connectivity index (χ0v) is 14.9. The van der Waals surface area contributed by atoms with Crippen LogP contribution >= 0.6 is 11.3 Å². The van der Waals surface area contributed by atoms with Crippen molar-refractivity contribution < 1.29 is 4.74 Å². The van der Waals surface area contributed by atoms with Crippen LogP contribution in [0.5, 0.6) is 0 Å². The minimum Gasteiger partial charge on any atom is -0.374 e. The minimum atomic E-state index is 0.0906. The SMILES string of the molecule is CN=C(NCC1CN(C)CCO1)NCC(C)(C)c1cccs1. The van der Waals surface area contributed by atoms with Gasteiger partial charge in [-0.3, -0.25) is 4.99 Å². The summed E-state index contributed by atoms with van der Waals surface area (Å²) in [7, 11) is 3.94. The fourth-order valence-corrected chi connectivity index (χ4v) is 3.33. The number of ether oxygens (including phenoxy) is 1. The van der Waals surface area contributed by atoms with Crippen LogP contribution in [0.2, 0.25) is 0 Å². The number of hydrogen-bond acceptors (Lipinski definition) is 4. The first-order chi connectivity index (χ1) is 10.5. The predicted octanol–water partition coefficient (Wildman–Crippen LogP) is 1.52. The maximum absolute atomic E-state index is 5.76. The molecule has 1 aliphatic rings. The highest BCUT2D eigenvalue weighted by Crippen LogP contribution is 2.26. The molecule has 0 aliphatic carbocycles. The normalized spacial score (nSPS) is 20.9. The monoisotopic (exact) mass is 324 g/mol. The van der Waals surface area contributed by atoms with E-state index in [1.807, 2.05) is 0 Å². The second-order valence-electron chi connectivity index (χ2n) is 6.42. The molecule has 1 unspecified atom stereocenters. The van der Waals surface area contributed by atoms with Gasteiger partial charge in [-0.15, -0.1) is 11.3 Å². The van der Waals surface area contributed by atoms with Crippen molar-refractivity contribution in [2.45, 2.75) is 25.4 Å². The molecule has 1 aliphatic heterocycles. The first-order valence-electron chi connectivity index (χ1n) is 7.80. The summed E-state index contributed by atoms with van der Waals surface area (Å²) >= 11 is 1.80. The van der Waals surface area contributed by atoms with Crippen LogP contribution in [0.15, 0.2) is 22.5 Å². The molecule has 0 spiro atoms. The summed E-state index contributed by atoms with van der Waals surface area (Å²) in [6.07, 6.45) is 0.225. The molecule has 1 saturated heterocycles. The third kappa shape index (κ3) is 4.97. The third-order valence-corrected chi connectivity index (χ3v) is 5.18. The highest BCUT2D eigenvalue weighted by Gasteiger charge is 2.22. The summed E-state index contributed by atoms with van der Waals surface area (Å²) in [5.41, 5.74) is 0.0906. The Morgan fingerprint density at radius 2 is 2.32 bits per heavy atom.